The number of amides is 2. The molecule has 1 aromatic carbocycles. The number of ether oxygens (including phenoxy) is 1. The fraction of sp³-hybridized carbons (Fsp3) is 0.250. The molecule has 1 aliphatic rings. The standard InChI is InChI=1S/C16H16ClN3O2/c17-13-6-3-5-12-14(7-9-22-15(12)13)20-16(21)19-10-11-4-1-2-8-18-11/h1-6,8,14H,7,9-10H2,(H2,19,20,21). The average Bonchev–Trinajstić information content (AvgIpc) is 2.55. The van der Waals surface area contributed by atoms with Crippen molar-refractivity contribution in [3.63, 3.8) is 0 Å². The SMILES string of the molecule is O=C(NCc1ccccn1)NC1CCOc2c(Cl)cccc21. The van der Waals surface area contributed by atoms with Gasteiger partial charge in [0.2, 0.25) is 0 Å². The molecule has 0 saturated heterocycles. The second-order valence-electron chi connectivity index (χ2n) is 5.00. The van der Waals surface area contributed by atoms with Crippen LogP contribution in [0.5, 0.6) is 5.75 Å². The van der Waals surface area contributed by atoms with Gasteiger partial charge in [0.05, 0.1) is 29.9 Å². The maximum atomic E-state index is 12.1. The molecule has 2 N–H and O–H groups in total. The third-order valence-corrected chi connectivity index (χ3v) is 3.78. The summed E-state index contributed by atoms with van der Waals surface area (Å²) in [5, 5.41) is 6.33. The summed E-state index contributed by atoms with van der Waals surface area (Å²) in [6.07, 6.45) is 2.41. The molecule has 2 aromatic rings. The van der Waals surface area contributed by atoms with Crippen LogP contribution in [0.3, 0.4) is 0 Å². The minimum atomic E-state index is -0.233. The van der Waals surface area contributed by atoms with E-state index in [1.54, 1.807) is 12.3 Å². The first kappa shape index (κ1) is 14.7. The second-order valence-corrected chi connectivity index (χ2v) is 5.40. The Hall–Kier alpha value is -2.27. The first-order chi connectivity index (χ1) is 10.7. The van der Waals surface area contributed by atoms with Crippen LogP contribution in [0, 0.1) is 0 Å². The zero-order chi connectivity index (χ0) is 15.4. The minimum absolute atomic E-state index is 0.105. The van der Waals surface area contributed by atoms with Crippen molar-refractivity contribution < 1.29 is 9.53 Å². The summed E-state index contributed by atoms with van der Waals surface area (Å²) < 4.78 is 5.58. The summed E-state index contributed by atoms with van der Waals surface area (Å²) in [5.74, 6) is 0.658. The van der Waals surface area contributed by atoms with Crippen LogP contribution >= 0.6 is 11.6 Å². The van der Waals surface area contributed by atoms with Crippen molar-refractivity contribution in [1.82, 2.24) is 15.6 Å². The van der Waals surface area contributed by atoms with Crippen molar-refractivity contribution >= 4 is 17.6 Å². The summed E-state index contributed by atoms with van der Waals surface area (Å²) >= 11 is 6.12. The highest BCUT2D eigenvalue weighted by Crippen LogP contribution is 2.37. The lowest BCUT2D eigenvalue weighted by Crippen LogP contribution is -2.39. The highest BCUT2D eigenvalue weighted by atomic mass is 35.5. The molecule has 0 radical (unpaired) electrons. The van der Waals surface area contributed by atoms with Gasteiger partial charge in [0.15, 0.2) is 0 Å². The Labute approximate surface area is 133 Å². The largest absolute Gasteiger partial charge is 0.492 e. The number of para-hydroxylation sites is 1. The van der Waals surface area contributed by atoms with Gasteiger partial charge < -0.3 is 15.4 Å². The molecule has 6 heteroatoms. The number of nitrogens with zero attached hydrogens (tertiary/aromatic N) is 1. The van der Waals surface area contributed by atoms with E-state index in [1.807, 2.05) is 30.3 Å². The zero-order valence-corrected chi connectivity index (χ0v) is 12.6. The van der Waals surface area contributed by atoms with Gasteiger partial charge in [-0.05, 0) is 18.2 Å². The highest BCUT2D eigenvalue weighted by molar-refractivity contribution is 6.32. The number of hydrogen-bond donors (Lipinski definition) is 2. The summed E-state index contributed by atoms with van der Waals surface area (Å²) in [6, 6.07) is 10.8. The Morgan fingerprint density at radius 2 is 2.23 bits per heavy atom. The number of halogens is 1. The molecule has 0 saturated carbocycles. The summed E-state index contributed by atoms with van der Waals surface area (Å²) in [4.78, 5) is 16.2. The normalized spacial score (nSPS) is 16.3. The number of urea groups is 1. The Morgan fingerprint density at radius 3 is 3.05 bits per heavy atom. The van der Waals surface area contributed by atoms with E-state index in [9.17, 15) is 4.79 Å². The van der Waals surface area contributed by atoms with Crippen LogP contribution in [0.15, 0.2) is 42.6 Å². The first-order valence-corrected chi connectivity index (χ1v) is 7.47. The van der Waals surface area contributed by atoms with E-state index in [1.165, 1.54) is 0 Å². The minimum Gasteiger partial charge on any atom is -0.492 e. The van der Waals surface area contributed by atoms with Crippen molar-refractivity contribution in [3.8, 4) is 5.75 Å². The van der Waals surface area contributed by atoms with Crippen LogP contribution in [-0.4, -0.2) is 17.6 Å². The third-order valence-electron chi connectivity index (χ3n) is 3.49. The Balaban J connectivity index is 1.62. The summed E-state index contributed by atoms with van der Waals surface area (Å²) in [5.41, 5.74) is 1.72. The van der Waals surface area contributed by atoms with Crippen LogP contribution in [0.25, 0.3) is 0 Å². The van der Waals surface area contributed by atoms with Gasteiger partial charge in [-0.25, -0.2) is 4.79 Å². The molecule has 1 aliphatic heterocycles. The molecule has 0 spiro atoms. The van der Waals surface area contributed by atoms with E-state index in [4.69, 9.17) is 16.3 Å². The molecule has 2 amide bonds. The number of fused-ring (bicyclic) bond motifs is 1. The molecule has 1 aromatic heterocycles. The lowest BCUT2D eigenvalue weighted by atomic mass is 10.0. The Bertz CT molecular complexity index is 664. The lowest BCUT2D eigenvalue weighted by molar-refractivity contribution is 0.223. The van der Waals surface area contributed by atoms with Crippen LogP contribution in [0.2, 0.25) is 5.02 Å². The number of rotatable bonds is 3. The number of carbonyl (C=O) groups excluding carboxylic acids is 1. The third kappa shape index (κ3) is 3.31. The van der Waals surface area contributed by atoms with Crippen molar-refractivity contribution in [2.45, 2.75) is 19.0 Å². The maximum absolute atomic E-state index is 12.1. The van der Waals surface area contributed by atoms with Crippen molar-refractivity contribution in [1.29, 1.82) is 0 Å². The fourth-order valence-electron chi connectivity index (χ4n) is 2.42. The van der Waals surface area contributed by atoms with Crippen molar-refractivity contribution in [2.24, 2.45) is 0 Å². The fourth-order valence-corrected chi connectivity index (χ4v) is 2.66. The van der Waals surface area contributed by atoms with Crippen molar-refractivity contribution in [3.05, 3.63) is 58.9 Å². The van der Waals surface area contributed by atoms with Gasteiger partial charge in [0.25, 0.3) is 0 Å². The molecular formula is C16H16ClN3O2. The number of pyridine rings is 1. The predicted octanol–water partition coefficient (Wildman–Crippen LogP) is 3.06. The molecule has 22 heavy (non-hydrogen) atoms. The van der Waals surface area contributed by atoms with E-state index in [2.05, 4.69) is 15.6 Å². The number of hydrogen-bond acceptors (Lipinski definition) is 3. The zero-order valence-electron chi connectivity index (χ0n) is 11.9. The van der Waals surface area contributed by atoms with Crippen LogP contribution in [0.4, 0.5) is 4.79 Å². The molecule has 2 heterocycles. The monoisotopic (exact) mass is 317 g/mol. The van der Waals surface area contributed by atoms with Gasteiger partial charge in [-0.2, -0.15) is 0 Å². The average molecular weight is 318 g/mol. The van der Waals surface area contributed by atoms with Crippen LogP contribution in [-0.2, 0) is 6.54 Å². The van der Waals surface area contributed by atoms with Gasteiger partial charge in [-0.3, -0.25) is 4.98 Å². The molecule has 5 nitrogen and oxygen atoms in total. The van der Waals surface area contributed by atoms with Gasteiger partial charge in [-0.1, -0.05) is 29.8 Å². The van der Waals surface area contributed by atoms with Gasteiger partial charge in [0, 0.05) is 18.2 Å². The maximum Gasteiger partial charge on any atom is 0.315 e. The smallest absolute Gasteiger partial charge is 0.315 e. The van der Waals surface area contributed by atoms with E-state index < -0.39 is 0 Å². The van der Waals surface area contributed by atoms with E-state index in [-0.39, 0.29) is 12.1 Å². The lowest BCUT2D eigenvalue weighted by Gasteiger charge is -2.27. The van der Waals surface area contributed by atoms with Crippen LogP contribution < -0.4 is 15.4 Å². The quantitative estimate of drug-likeness (QED) is 0.914. The van der Waals surface area contributed by atoms with E-state index >= 15 is 0 Å². The predicted molar refractivity (Wildman–Crippen MR) is 83.9 cm³/mol. The van der Waals surface area contributed by atoms with Gasteiger partial charge >= 0.3 is 6.03 Å². The number of nitrogens with one attached hydrogen (secondary N) is 2. The van der Waals surface area contributed by atoms with E-state index in [0.29, 0.717) is 30.3 Å². The molecular weight excluding hydrogens is 302 g/mol. The molecule has 1 atom stereocenters. The topological polar surface area (TPSA) is 63.2 Å². The number of carbonyl (C=O) groups is 1. The first-order valence-electron chi connectivity index (χ1n) is 7.09. The number of aromatic nitrogens is 1. The van der Waals surface area contributed by atoms with Crippen LogP contribution in [0.1, 0.15) is 23.7 Å². The number of benzene rings is 1. The van der Waals surface area contributed by atoms with Gasteiger partial charge in [-0.15, -0.1) is 0 Å². The second kappa shape index (κ2) is 6.66. The summed E-state index contributed by atoms with van der Waals surface area (Å²) in [7, 11) is 0. The molecule has 0 bridgehead atoms. The van der Waals surface area contributed by atoms with E-state index in [0.717, 1.165) is 11.3 Å². The molecule has 1 unspecified atom stereocenters. The highest BCUT2D eigenvalue weighted by Gasteiger charge is 2.24. The van der Waals surface area contributed by atoms with Crippen molar-refractivity contribution in [2.75, 3.05) is 6.61 Å². The Morgan fingerprint density at radius 1 is 1.32 bits per heavy atom. The molecule has 0 fully saturated rings. The summed E-state index contributed by atoms with van der Waals surface area (Å²) in [6.45, 7) is 0.917. The van der Waals surface area contributed by atoms with Gasteiger partial charge in [0.1, 0.15) is 5.75 Å². The molecule has 0 aliphatic carbocycles. The molecule has 114 valence electrons. The Kier molecular flexibility index (Phi) is 4.44. The molecule has 3 rings (SSSR count).